The second-order valence-corrected chi connectivity index (χ2v) is 6.02. The Morgan fingerprint density at radius 3 is 2.41 bits per heavy atom. The lowest BCUT2D eigenvalue weighted by Gasteiger charge is -2.15. The fraction of sp³-hybridized carbons (Fsp3) is 0.300. The molecule has 0 amide bonds. The van der Waals surface area contributed by atoms with Crippen LogP contribution in [-0.4, -0.2) is 30.0 Å². The highest BCUT2D eigenvalue weighted by molar-refractivity contribution is 7.93. The molecule has 7 heteroatoms. The van der Waals surface area contributed by atoms with Crippen LogP contribution >= 0.6 is 11.6 Å². The van der Waals surface area contributed by atoms with Crippen LogP contribution in [0.3, 0.4) is 0 Å². The molecule has 17 heavy (non-hydrogen) atoms. The number of halogens is 1. The number of hydrogen-bond donors (Lipinski definition) is 0. The molecule has 0 aromatic heterocycles. The Balaban J connectivity index is 2.76. The van der Waals surface area contributed by atoms with Crippen molar-refractivity contribution in [2.75, 3.05) is 20.5 Å². The van der Waals surface area contributed by atoms with E-state index >= 15 is 0 Å². The SMILES string of the molecule is COc1cc2c(cc1OC)S(C)(=O)=NC(Cl)=N2. The Morgan fingerprint density at radius 2 is 1.82 bits per heavy atom. The minimum absolute atomic E-state index is 0.0165. The summed E-state index contributed by atoms with van der Waals surface area (Å²) in [6, 6.07) is 3.25. The molecule has 1 heterocycles. The predicted octanol–water partition coefficient (Wildman–Crippen LogP) is 2.40. The second-order valence-electron chi connectivity index (χ2n) is 3.45. The van der Waals surface area contributed by atoms with E-state index < -0.39 is 9.73 Å². The number of hydrogen-bond acceptors (Lipinski definition) is 5. The Kier molecular flexibility index (Phi) is 3.01. The molecule has 1 unspecified atom stereocenters. The van der Waals surface area contributed by atoms with Crippen molar-refractivity contribution in [3.05, 3.63) is 12.1 Å². The van der Waals surface area contributed by atoms with Crippen LogP contribution in [0.15, 0.2) is 26.4 Å². The van der Waals surface area contributed by atoms with E-state index in [1.807, 2.05) is 0 Å². The van der Waals surface area contributed by atoms with Crippen molar-refractivity contribution >= 4 is 32.3 Å². The molecule has 2 rings (SSSR count). The lowest BCUT2D eigenvalue weighted by molar-refractivity contribution is 0.354. The molecule has 0 fully saturated rings. The number of methoxy groups -OCH3 is 2. The van der Waals surface area contributed by atoms with Crippen LogP contribution in [0.4, 0.5) is 5.69 Å². The smallest absolute Gasteiger partial charge is 0.231 e. The number of fused-ring (bicyclic) bond motifs is 1. The van der Waals surface area contributed by atoms with Gasteiger partial charge in [-0.1, -0.05) is 0 Å². The number of aliphatic imine (C=N–C) groups is 1. The maximum Gasteiger partial charge on any atom is 0.231 e. The maximum atomic E-state index is 12.3. The molecular weight excluding hydrogens is 264 g/mol. The molecule has 5 nitrogen and oxygen atoms in total. The third-order valence-electron chi connectivity index (χ3n) is 2.34. The van der Waals surface area contributed by atoms with Crippen molar-refractivity contribution in [2.24, 2.45) is 9.36 Å². The lowest BCUT2D eigenvalue weighted by Crippen LogP contribution is -2.06. The van der Waals surface area contributed by atoms with Crippen LogP contribution in [0, 0.1) is 0 Å². The highest BCUT2D eigenvalue weighted by atomic mass is 35.5. The minimum atomic E-state index is -2.57. The summed E-state index contributed by atoms with van der Waals surface area (Å²) in [5.74, 6) is 1.00. The van der Waals surface area contributed by atoms with E-state index in [-0.39, 0.29) is 5.29 Å². The second kappa shape index (κ2) is 4.19. The Bertz CT molecular complexity index is 618. The molecule has 0 bridgehead atoms. The zero-order chi connectivity index (χ0) is 12.6. The van der Waals surface area contributed by atoms with Gasteiger partial charge in [0, 0.05) is 18.4 Å². The quantitative estimate of drug-likeness (QED) is 0.778. The van der Waals surface area contributed by atoms with E-state index in [0.29, 0.717) is 22.1 Å². The first-order chi connectivity index (χ1) is 7.97. The summed E-state index contributed by atoms with van der Waals surface area (Å²) in [4.78, 5) is 4.53. The van der Waals surface area contributed by atoms with E-state index in [1.54, 1.807) is 12.1 Å². The van der Waals surface area contributed by atoms with Gasteiger partial charge in [0.05, 0.1) is 34.5 Å². The predicted molar refractivity (Wildman–Crippen MR) is 67.3 cm³/mol. The van der Waals surface area contributed by atoms with Gasteiger partial charge in [-0.2, -0.15) is 4.36 Å². The van der Waals surface area contributed by atoms with Crippen LogP contribution in [0.2, 0.25) is 0 Å². The number of rotatable bonds is 2. The summed E-state index contributed by atoms with van der Waals surface area (Å²) in [6.07, 6.45) is 1.51. The van der Waals surface area contributed by atoms with Crippen molar-refractivity contribution < 1.29 is 13.7 Å². The molecule has 0 radical (unpaired) electrons. The van der Waals surface area contributed by atoms with E-state index in [2.05, 4.69) is 9.36 Å². The average Bonchev–Trinajstić information content (AvgIpc) is 2.26. The third-order valence-corrected chi connectivity index (χ3v) is 4.27. The molecule has 0 saturated heterocycles. The van der Waals surface area contributed by atoms with Crippen molar-refractivity contribution in [2.45, 2.75) is 4.90 Å². The van der Waals surface area contributed by atoms with E-state index in [0.717, 1.165) is 0 Å². The summed E-state index contributed by atoms with van der Waals surface area (Å²) in [5.41, 5.74) is 0.496. The van der Waals surface area contributed by atoms with Crippen LogP contribution in [0.5, 0.6) is 11.5 Å². The summed E-state index contributed by atoms with van der Waals surface area (Å²) in [7, 11) is 0.460. The van der Waals surface area contributed by atoms with Gasteiger partial charge in [-0.25, -0.2) is 9.20 Å². The Morgan fingerprint density at radius 1 is 1.24 bits per heavy atom. The summed E-state index contributed by atoms with van der Waals surface area (Å²) in [5, 5.41) is -0.0165. The first kappa shape index (κ1) is 12.2. The number of ether oxygens (including phenoxy) is 2. The number of amidine groups is 1. The van der Waals surface area contributed by atoms with Gasteiger partial charge in [-0.05, 0) is 11.6 Å². The normalized spacial score (nSPS) is 22.2. The first-order valence-electron chi connectivity index (χ1n) is 4.70. The lowest BCUT2D eigenvalue weighted by atomic mass is 10.3. The van der Waals surface area contributed by atoms with E-state index in [9.17, 15) is 4.21 Å². The van der Waals surface area contributed by atoms with Crippen LogP contribution in [-0.2, 0) is 9.73 Å². The van der Waals surface area contributed by atoms with Gasteiger partial charge in [0.2, 0.25) is 5.29 Å². The zero-order valence-electron chi connectivity index (χ0n) is 9.56. The molecule has 1 aromatic carbocycles. The molecule has 0 saturated carbocycles. The molecule has 1 aliphatic rings. The van der Waals surface area contributed by atoms with Gasteiger partial charge in [-0.15, -0.1) is 0 Å². The average molecular weight is 275 g/mol. The maximum absolute atomic E-state index is 12.3. The van der Waals surface area contributed by atoms with Gasteiger partial charge >= 0.3 is 0 Å². The minimum Gasteiger partial charge on any atom is -0.493 e. The van der Waals surface area contributed by atoms with Gasteiger partial charge in [0.15, 0.2) is 11.5 Å². The first-order valence-corrected chi connectivity index (χ1v) is 7.00. The van der Waals surface area contributed by atoms with Crippen molar-refractivity contribution in [1.82, 2.24) is 0 Å². The topological polar surface area (TPSA) is 60.2 Å². The van der Waals surface area contributed by atoms with Gasteiger partial charge in [0.1, 0.15) is 0 Å². The Hall–Kier alpha value is -1.27. The molecule has 0 N–H and O–H groups in total. The molecular formula is C10H11ClN2O3S. The highest BCUT2D eigenvalue weighted by Gasteiger charge is 2.21. The zero-order valence-corrected chi connectivity index (χ0v) is 11.1. The Labute approximate surface area is 105 Å². The molecule has 1 atom stereocenters. The van der Waals surface area contributed by atoms with Gasteiger partial charge in [0.25, 0.3) is 0 Å². The number of benzene rings is 1. The van der Waals surface area contributed by atoms with Crippen LogP contribution < -0.4 is 9.47 Å². The molecule has 1 aliphatic heterocycles. The monoisotopic (exact) mass is 274 g/mol. The van der Waals surface area contributed by atoms with Crippen molar-refractivity contribution in [1.29, 1.82) is 0 Å². The van der Waals surface area contributed by atoms with E-state index in [4.69, 9.17) is 21.1 Å². The molecule has 0 spiro atoms. The third kappa shape index (κ3) is 2.10. The van der Waals surface area contributed by atoms with Crippen molar-refractivity contribution in [3.63, 3.8) is 0 Å². The standard InChI is InChI=1S/C10H11ClN2O3S/c1-15-7-4-6-9(5-8(7)16-2)17(3,14)13-10(11)12-6/h4-5H,1-3H3. The fourth-order valence-corrected chi connectivity index (χ4v) is 3.28. The molecule has 0 aliphatic carbocycles. The molecule has 1 aromatic rings. The van der Waals surface area contributed by atoms with Crippen molar-refractivity contribution in [3.8, 4) is 11.5 Å². The fourth-order valence-electron chi connectivity index (χ4n) is 1.55. The number of nitrogens with zero attached hydrogens (tertiary/aromatic N) is 2. The van der Waals surface area contributed by atoms with Crippen LogP contribution in [0.25, 0.3) is 0 Å². The highest BCUT2D eigenvalue weighted by Crippen LogP contribution is 2.39. The summed E-state index contributed by atoms with van der Waals surface area (Å²) < 4.78 is 26.4. The van der Waals surface area contributed by atoms with E-state index in [1.165, 1.54) is 20.5 Å². The largest absolute Gasteiger partial charge is 0.493 e. The summed E-state index contributed by atoms with van der Waals surface area (Å²) >= 11 is 5.73. The van der Waals surface area contributed by atoms with Crippen LogP contribution in [0.1, 0.15) is 0 Å². The van der Waals surface area contributed by atoms with Gasteiger partial charge < -0.3 is 9.47 Å². The van der Waals surface area contributed by atoms with Gasteiger partial charge in [-0.3, -0.25) is 0 Å². The molecule has 92 valence electrons. The summed E-state index contributed by atoms with van der Waals surface area (Å²) in [6.45, 7) is 0.